The molecule has 0 radical (unpaired) electrons. The molecule has 6 heteroatoms. The third kappa shape index (κ3) is 3.53. The highest BCUT2D eigenvalue weighted by atomic mass is 16.5. The molecule has 114 valence electrons. The van der Waals surface area contributed by atoms with Gasteiger partial charge in [0.25, 0.3) is 0 Å². The second-order valence-corrected chi connectivity index (χ2v) is 4.52. The van der Waals surface area contributed by atoms with E-state index in [1.165, 1.54) is 7.11 Å². The Morgan fingerprint density at radius 3 is 2.81 bits per heavy atom. The number of rotatable bonds is 7. The molecule has 0 spiro atoms. The number of hydrogen-bond donors (Lipinski definition) is 2. The number of methoxy groups -OCH3 is 1. The lowest BCUT2D eigenvalue weighted by Gasteiger charge is -2.12. The van der Waals surface area contributed by atoms with Crippen molar-refractivity contribution in [3.8, 4) is 5.75 Å². The zero-order valence-electron chi connectivity index (χ0n) is 12.1. The van der Waals surface area contributed by atoms with Gasteiger partial charge in [-0.15, -0.1) is 0 Å². The summed E-state index contributed by atoms with van der Waals surface area (Å²) in [7, 11) is 1.50. The van der Waals surface area contributed by atoms with Gasteiger partial charge >= 0.3 is 5.97 Å². The number of aliphatic hydroxyl groups excluding tert-OH is 1. The number of fused-ring (bicyclic) bond motifs is 1. The van der Waals surface area contributed by atoms with Crippen LogP contribution in [0, 0.1) is 0 Å². The van der Waals surface area contributed by atoms with Crippen molar-refractivity contribution in [3.63, 3.8) is 0 Å². The molecule has 0 bridgehead atoms. The van der Waals surface area contributed by atoms with Crippen molar-refractivity contribution < 1.29 is 24.1 Å². The first-order chi connectivity index (χ1) is 10.2. The molecule has 0 fully saturated rings. The number of hydrogen-bond acceptors (Lipinski definition) is 5. The monoisotopic (exact) mass is 293 g/mol. The Bertz CT molecular complexity index is 607. The summed E-state index contributed by atoms with van der Waals surface area (Å²) in [5.74, 6) is -0.0934. The van der Waals surface area contributed by atoms with Crippen LogP contribution < -0.4 is 4.74 Å². The summed E-state index contributed by atoms with van der Waals surface area (Å²) in [6.07, 6.45) is -0.765. The maximum Gasteiger partial charge on any atom is 0.358 e. The van der Waals surface area contributed by atoms with E-state index in [0.717, 1.165) is 10.9 Å². The molecular weight excluding hydrogens is 274 g/mol. The van der Waals surface area contributed by atoms with Gasteiger partial charge in [0.1, 0.15) is 12.7 Å². The van der Waals surface area contributed by atoms with Gasteiger partial charge in [0, 0.05) is 18.0 Å². The maximum absolute atomic E-state index is 12.0. The van der Waals surface area contributed by atoms with E-state index in [1.54, 1.807) is 6.92 Å². The van der Waals surface area contributed by atoms with Crippen molar-refractivity contribution in [2.45, 2.75) is 13.0 Å². The third-order valence-electron chi connectivity index (χ3n) is 2.92. The van der Waals surface area contributed by atoms with E-state index >= 15 is 0 Å². The van der Waals surface area contributed by atoms with Crippen LogP contribution in [0.2, 0.25) is 0 Å². The van der Waals surface area contributed by atoms with Crippen molar-refractivity contribution in [2.75, 3.05) is 26.9 Å². The summed E-state index contributed by atoms with van der Waals surface area (Å²) >= 11 is 0. The number of nitrogens with one attached hydrogen (secondary N) is 1. The van der Waals surface area contributed by atoms with Crippen LogP contribution in [0.25, 0.3) is 10.9 Å². The van der Waals surface area contributed by atoms with Crippen LogP contribution in [0.15, 0.2) is 24.3 Å². The van der Waals surface area contributed by atoms with Gasteiger partial charge in [-0.25, -0.2) is 4.79 Å². The van der Waals surface area contributed by atoms with Crippen LogP contribution in [0.3, 0.4) is 0 Å². The van der Waals surface area contributed by atoms with E-state index < -0.39 is 12.1 Å². The smallest absolute Gasteiger partial charge is 0.358 e. The summed E-state index contributed by atoms with van der Waals surface area (Å²) in [6.45, 7) is 2.21. The van der Waals surface area contributed by atoms with Crippen LogP contribution in [0.5, 0.6) is 5.75 Å². The van der Waals surface area contributed by atoms with Crippen molar-refractivity contribution in [1.82, 2.24) is 4.98 Å². The predicted octanol–water partition coefficient (Wildman–Crippen LogP) is 1.73. The van der Waals surface area contributed by atoms with Gasteiger partial charge in [-0.05, 0) is 19.1 Å². The lowest BCUT2D eigenvalue weighted by Crippen LogP contribution is -2.23. The normalized spacial score (nSPS) is 12.3. The number of aromatic nitrogens is 1. The first-order valence-corrected chi connectivity index (χ1v) is 6.75. The molecule has 0 aliphatic heterocycles. The molecule has 2 rings (SSSR count). The number of carbonyl (C=O) groups is 1. The summed E-state index contributed by atoms with van der Waals surface area (Å²) in [5, 5.41) is 10.4. The van der Waals surface area contributed by atoms with Gasteiger partial charge in [-0.3, -0.25) is 0 Å². The fourth-order valence-electron chi connectivity index (χ4n) is 2.03. The lowest BCUT2D eigenvalue weighted by molar-refractivity contribution is 0.0316. The quantitative estimate of drug-likeness (QED) is 0.760. The number of benzene rings is 1. The maximum atomic E-state index is 12.0. The average Bonchev–Trinajstić information content (AvgIpc) is 2.84. The Kier molecular flexibility index (Phi) is 5.19. The Balaban J connectivity index is 2.29. The highest BCUT2D eigenvalue weighted by molar-refractivity contribution is 6.00. The molecule has 6 nitrogen and oxygen atoms in total. The van der Waals surface area contributed by atoms with Gasteiger partial charge in [0.05, 0.1) is 13.2 Å². The molecule has 1 atom stereocenters. The topological polar surface area (TPSA) is 80.8 Å². The summed E-state index contributed by atoms with van der Waals surface area (Å²) in [4.78, 5) is 15.0. The number of aliphatic hydroxyl groups is 1. The molecule has 1 heterocycles. The Hall–Kier alpha value is -2.05. The molecule has 1 aromatic carbocycles. The highest BCUT2D eigenvalue weighted by Gasteiger charge is 2.21. The second kappa shape index (κ2) is 7.10. The minimum Gasteiger partial charge on any atom is -0.488 e. The number of H-pyrrole nitrogens is 1. The first kappa shape index (κ1) is 15.3. The second-order valence-electron chi connectivity index (χ2n) is 4.52. The van der Waals surface area contributed by atoms with E-state index in [1.807, 2.05) is 24.3 Å². The SMILES string of the molecule is CCOC(=O)c1[nH]c2ccccc2c1OCC(O)COC. The molecule has 0 saturated carbocycles. The van der Waals surface area contributed by atoms with E-state index in [-0.39, 0.29) is 25.5 Å². The number of para-hydroxylation sites is 1. The number of carbonyl (C=O) groups excluding carboxylic acids is 1. The summed E-state index contributed by atoms with van der Waals surface area (Å²) in [6, 6.07) is 7.39. The lowest BCUT2D eigenvalue weighted by atomic mass is 10.2. The van der Waals surface area contributed by atoms with Crippen LogP contribution in [-0.4, -0.2) is 49.1 Å². The van der Waals surface area contributed by atoms with Gasteiger partial charge < -0.3 is 24.3 Å². The fourth-order valence-corrected chi connectivity index (χ4v) is 2.03. The minimum atomic E-state index is -0.765. The zero-order valence-corrected chi connectivity index (χ0v) is 12.1. The van der Waals surface area contributed by atoms with E-state index in [2.05, 4.69) is 4.98 Å². The van der Waals surface area contributed by atoms with E-state index in [4.69, 9.17) is 14.2 Å². The number of ether oxygens (including phenoxy) is 3. The van der Waals surface area contributed by atoms with Crippen LogP contribution in [0.4, 0.5) is 0 Å². The molecule has 1 unspecified atom stereocenters. The predicted molar refractivity (Wildman–Crippen MR) is 77.6 cm³/mol. The Morgan fingerprint density at radius 2 is 2.10 bits per heavy atom. The molecule has 0 saturated heterocycles. The molecule has 2 aromatic rings. The standard InChI is InChI=1S/C15H19NO5/c1-3-20-15(18)13-14(21-9-10(17)8-19-2)11-6-4-5-7-12(11)16-13/h4-7,10,16-17H,3,8-9H2,1-2H3. The van der Waals surface area contributed by atoms with Crippen LogP contribution in [0.1, 0.15) is 17.4 Å². The minimum absolute atomic E-state index is 0.0299. The first-order valence-electron chi connectivity index (χ1n) is 6.75. The molecule has 0 aliphatic rings. The van der Waals surface area contributed by atoms with Gasteiger partial charge in [0.15, 0.2) is 11.4 Å². The summed E-state index contributed by atoms with van der Waals surface area (Å²) in [5.41, 5.74) is 1.03. The van der Waals surface area contributed by atoms with Gasteiger partial charge in [-0.1, -0.05) is 12.1 Å². The zero-order chi connectivity index (χ0) is 15.2. The summed E-state index contributed by atoms with van der Waals surface area (Å²) < 4.78 is 15.5. The molecule has 1 aromatic heterocycles. The third-order valence-corrected chi connectivity index (χ3v) is 2.92. The van der Waals surface area contributed by atoms with Gasteiger partial charge in [0.2, 0.25) is 0 Å². The fraction of sp³-hybridized carbons (Fsp3) is 0.400. The van der Waals surface area contributed by atoms with Crippen molar-refractivity contribution in [2.24, 2.45) is 0 Å². The number of aromatic amines is 1. The largest absolute Gasteiger partial charge is 0.488 e. The van der Waals surface area contributed by atoms with Crippen molar-refractivity contribution in [3.05, 3.63) is 30.0 Å². The van der Waals surface area contributed by atoms with Crippen molar-refractivity contribution >= 4 is 16.9 Å². The Labute approximate surface area is 122 Å². The molecule has 2 N–H and O–H groups in total. The van der Waals surface area contributed by atoms with Crippen LogP contribution in [-0.2, 0) is 9.47 Å². The van der Waals surface area contributed by atoms with Crippen LogP contribution >= 0.6 is 0 Å². The molecule has 0 aliphatic carbocycles. The molecular formula is C15H19NO5. The number of esters is 1. The average molecular weight is 293 g/mol. The van der Waals surface area contributed by atoms with E-state index in [0.29, 0.717) is 5.75 Å². The van der Waals surface area contributed by atoms with E-state index in [9.17, 15) is 9.90 Å². The highest BCUT2D eigenvalue weighted by Crippen LogP contribution is 2.30. The molecule has 0 amide bonds. The molecule has 21 heavy (non-hydrogen) atoms. The Morgan fingerprint density at radius 1 is 1.33 bits per heavy atom. The van der Waals surface area contributed by atoms with Crippen molar-refractivity contribution in [1.29, 1.82) is 0 Å². The van der Waals surface area contributed by atoms with Gasteiger partial charge in [-0.2, -0.15) is 0 Å².